The molecule has 0 aromatic heterocycles. The molecule has 0 saturated carbocycles. The highest BCUT2D eigenvalue weighted by atomic mass is 33.1. The zero-order chi connectivity index (χ0) is 57.2. The molecule has 4 aliphatic heterocycles. The van der Waals surface area contributed by atoms with Gasteiger partial charge in [-0.25, -0.2) is 4.79 Å². The minimum atomic E-state index is -1.86. The van der Waals surface area contributed by atoms with Crippen LogP contribution in [0.2, 0.25) is 0 Å². The second kappa shape index (κ2) is 29.2. The largest absolute Gasteiger partial charge is 0.480 e. The van der Waals surface area contributed by atoms with Crippen LogP contribution >= 0.6 is 43.2 Å². The molecular weight excluding hydrogens is 1060 g/mol. The number of nitrogens with one attached hydrogen (secondary N) is 1. The van der Waals surface area contributed by atoms with E-state index in [2.05, 4.69) is 5.32 Å². The third-order valence-corrected chi connectivity index (χ3v) is 22.2. The summed E-state index contributed by atoms with van der Waals surface area (Å²) in [6.07, 6.45) is -6.08. The monoisotopic (exact) mass is 1160 g/mol. The summed E-state index contributed by atoms with van der Waals surface area (Å²) < 4.78 is 44.4. The third kappa shape index (κ3) is 17.9. The zero-order valence-electron chi connectivity index (χ0n) is 48.1. The lowest BCUT2D eigenvalue weighted by atomic mass is 9.77. The molecule has 1 amide bonds. The lowest BCUT2D eigenvalue weighted by Gasteiger charge is -2.49. The normalized spacial score (nSPS) is 42.3. The van der Waals surface area contributed by atoms with Crippen molar-refractivity contribution in [2.45, 2.75) is 247 Å². The number of amides is 1. The molecular formula is C53H95N3O16S4. The molecule has 0 aliphatic carbocycles. The van der Waals surface area contributed by atoms with Crippen molar-refractivity contribution in [3.05, 3.63) is 0 Å². The van der Waals surface area contributed by atoms with Crippen molar-refractivity contribution in [2.24, 2.45) is 17.8 Å². The molecule has 0 bridgehead atoms. The first kappa shape index (κ1) is 67.3. The molecule has 20 atom stereocenters. The quantitative estimate of drug-likeness (QED) is 0.0673. The first-order valence-electron chi connectivity index (χ1n) is 27.2. The van der Waals surface area contributed by atoms with Crippen LogP contribution in [0.5, 0.6) is 0 Å². The number of carbonyl (C=O) groups excluding carboxylic acids is 3. The van der Waals surface area contributed by atoms with E-state index in [1.165, 1.54) is 35.6 Å². The van der Waals surface area contributed by atoms with Gasteiger partial charge in [-0.05, 0) is 128 Å². The number of rotatable bonds is 14. The molecule has 76 heavy (non-hydrogen) atoms. The second-order valence-corrected chi connectivity index (χ2v) is 29.2. The highest BCUT2D eigenvalue weighted by molar-refractivity contribution is 8.77. The number of methoxy groups -OCH3 is 1. The Balaban J connectivity index is 1.67. The molecule has 0 spiro atoms. The highest BCUT2D eigenvalue weighted by Crippen LogP contribution is 2.43. The number of likely N-dealkylation sites (N-methyl/N-ethyl adjacent to an activating group) is 2. The van der Waals surface area contributed by atoms with Gasteiger partial charge < -0.3 is 73.8 Å². The number of aliphatic carboxylic acids is 1. The number of hydrogen-bond acceptors (Lipinski definition) is 21. The van der Waals surface area contributed by atoms with Gasteiger partial charge in [0.2, 0.25) is 5.91 Å². The number of hydrogen-bond donors (Lipinski definition) is 6. The molecule has 4 fully saturated rings. The Hall–Kier alpha value is -1.16. The van der Waals surface area contributed by atoms with E-state index >= 15 is 0 Å². The summed E-state index contributed by atoms with van der Waals surface area (Å²) in [7, 11) is 13.2. The summed E-state index contributed by atoms with van der Waals surface area (Å²) in [5.74, 6) is -3.72. The lowest BCUT2D eigenvalue weighted by molar-refractivity contribution is -0.319. The molecule has 6 N–H and O–H groups in total. The van der Waals surface area contributed by atoms with Crippen LogP contribution in [0.1, 0.15) is 141 Å². The van der Waals surface area contributed by atoms with E-state index in [9.17, 15) is 44.7 Å². The van der Waals surface area contributed by atoms with E-state index in [-0.39, 0.29) is 60.7 Å². The topological polar surface area (TPSA) is 253 Å². The van der Waals surface area contributed by atoms with Gasteiger partial charge in [0, 0.05) is 55.2 Å². The molecule has 23 heteroatoms. The van der Waals surface area contributed by atoms with Gasteiger partial charge in [-0.3, -0.25) is 14.4 Å². The number of carbonyl (C=O) groups is 4. The number of cyclic esters (lactones) is 1. The third-order valence-electron chi connectivity index (χ3n) is 16.0. The van der Waals surface area contributed by atoms with E-state index in [1.54, 1.807) is 77.0 Å². The van der Waals surface area contributed by atoms with E-state index in [1.807, 2.05) is 51.7 Å². The van der Waals surface area contributed by atoms with Gasteiger partial charge in [0.15, 0.2) is 18.7 Å². The van der Waals surface area contributed by atoms with Crippen LogP contribution in [-0.2, 0) is 52.3 Å². The zero-order valence-corrected chi connectivity index (χ0v) is 51.3. The summed E-state index contributed by atoms with van der Waals surface area (Å²) >= 11 is 0. The van der Waals surface area contributed by atoms with E-state index in [0.29, 0.717) is 25.8 Å². The molecule has 4 saturated heterocycles. The van der Waals surface area contributed by atoms with Crippen molar-refractivity contribution in [3.8, 4) is 0 Å². The average Bonchev–Trinajstić information content (AvgIpc) is 3.33. The molecule has 19 nitrogen and oxygen atoms in total. The summed E-state index contributed by atoms with van der Waals surface area (Å²) in [5, 5.41) is 60.5. The Morgan fingerprint density at radius 3 is 2.21 bits per heavy atom. The Bertz CT molecular complexity index is 1870. The molecule has 4 aliphatic rings. The predicted octanol–water partition coefficient (Wildman–Crippen LogP) is 5.90. The van der Waals surface area contributed by atoms with Crippen molar-refractivity contribution in [1.29, 1.82) is 0 Å². The number of ether oxygens (including phenoxy) is 7. The molecule has 4 rings (SSSR count). The van der Waals surface area contributed by atoms with Gasteiger partial charge in [-0.2, -0.15) is 0 Å². The number of aliphatic hydroxyl groups is 4. The van der Waals surface area contributed by atoms with Crippen molar-refractivity contribution in [1.82, 2.24) is 15.1 Å². The Kier molecular flexibility index (Phi) is 25.9. The fourth-order valence-electron chi connectivity index (χ4n) is 11.1. The molecule has 0 radical (unpaired) electrons. The first-order chi connectivity index (χ1) is 35.3. The van der Waals surface area contributed by atoms with Gasteiger partial charge in [0.05, 0.1) is 52.3 Å². The summed E-state index contributed by atoms with van der Waals surface area (Å²) in [6, 6.07) is -1.97. The van der Waals surface area contributed by atoms with Crippen molar-refractivity contribution < 1.29 is 77.9 Å². The van der Waals surface area contributed by atoms with Gasteiger partial charge >= 0.3 is 17.9 Å². The van der Waals surface area contributed by atoms with E-state index in [0.717, 1.165) is 18.6 Å². The highest BCUT2D eigenvalue weighted by Gasteiger charge is 2.53. The number of carboxylic acid groups (broad SMARTS) is 1. The van der Waals surface area contributed by atoms with Gasteiger partial charge in [0.25, 0.3) is 0 Å². The fraction of sp³-hybridized carbons (Fsp3) is 0.925. The maximum absolute atomic E-state index is 14.6. The maximum Gasteiger partial charge on any atom is 0.327 e. The van der Waals surface area contributed by atoms with Crippen LogP contribution in [0.15, 0.2) is 0 Å². The standard InChI is InChI=1S/C53H95N3O16S4/c1-17-38-53(12,65)43(58)33(6)56(15)27-29(2)25-51(10,64)45(31(4)41(32(5)47(62)69-38)71-40-26-52(11,66-16)44(59)34(7)68-40)72-48-42(37(55(13)14)24-30(3)67-48)70-39(57)21-19-18-20-35-22-23-73-76-50(8,9)49(63)54-36(46(60)61)28-74-75-35/h29-38,40-45,48,58-59,64-65H,17-28H2,1-16H3,(H,54,63)(H,60,61)/t29-,30-,31+,32-,33-,34+,35+,36-,37+,38-,40+,41+,42-,43-,44+,45-,48+,51-,52-,53-/m1/s1. The molecule has 0 aromatic rings. The summed E-state index contributed by atoms with van der Waals surface area (Å²) in [5.41, 5.74) is -4.62. The average molecular weight is 1160 g/mol. The molecule has 0 unspecified atom stereocenters. The number of carboxylic acids is 1. The molecule has 0 aromatic carbocycles. The van der Waals surface area contributed by atoms with Crippen LogP contribution in [0.25, 0.3) is 0 Å². The summed E-state index contributed by atoms with van der Waals surface area (Å²) in [6.45, 7) is 21.5. The maximum atomic E-state index is 14.6. The minimum absolute atomic E-state index is 0.0801. The lowest BCUT2D eigenvalue weighted by Crippen LogP contribution is -2.61. The Morgan fingerprint density at radius 1 is 0.921 bits per heavy atom. The second-order valence-electron chi connectivity index (χ2n) is 23.4. The van der Waals surface area contributed by atoms with Gasteiger partial charge in [0.1, 0.15) is 30.0 Å². The SMILES string of the molecule is CC[C@H]1OC(=O)[C@H](C)[C@@H](O[C@H]2C[C@@](C)(OC)[C@@H](O)[C@H](C)O2)[C@H](C)[C@@H](O[C@@H]2O[C@H](C)C[C@H](N(C)C)[C@H]2OC(=O)CCCC[C@H]2CCSSC(C)(C)C(=O)N[C@@H](C(=O)O)CSS2)[C@](C)(O)C[C@@H](C)CN(C)[C@H](C)[C@@H](O)[C@]1(C)O. The number of esters is 2. The van der Waals surface area contributed by atoms with Crippen LogP contribution < -0.4 is 5.32 Å². The minimum Gasteiger partial charge on any atom is -0.480 e. The number of aliphatic hydroxyl groups excluding tert-OH is 2. The van der Waals surface area contributed by atoms with Crippen molar-refractivity contribution in [2.75, 3.05) is 46.3 Å². The van der Waals surface area contributed by atoms with Crippen LogP contribution in [0.4, 0.5) is 0 Å². The molecule has 4 heterocycles. The Morgan fingerprint density at radius 2 is 1.59 bits per heavy atom. The number of unbranched alkanes of at least 4 members (excludes halogenated alkanes) is 1. The smallest absolute Gasteiger partial charge is 0.327 e. The van der Waals surface area contributed by atoms with E-state index in [4.69, 9.17) is 33.2 Å². The Labute approximate surface area is 468 Å². The fourth-order valence-corrected chi connectivity index (χ4v) is 16.7. The van der Waals surface area contributed by atoms with Crippen LogP contribution in [0.3, 0.4) is 0 Å². The van der Waals surface area contributed by atoms with E-state index < -0.39 is 119 Å². The summed E-state index contributed by atoms with van der Waals surface area (Å²) in [4.78, 5) is 57.4. The van der Waals surface area contributed by atoms with Gasteiger partial charge in [-0.15, -0.1) is 0 Å². The van der Waals surface area contributed by atoms with Crippen LogP contribution in [0, 0.1) is 17.8 Å². The predicted molar refractivity (Wildman–Crippen MR) is 299 cm³/mol. The molecule has 442 valence electrons. The van der Waals surface area contributed by atoms with Crippen LogP contribution in [-0.4, -0.2) is 212 Å². The van der Waals surface area contributed by atoms with Crippen molar-refractivity contribution in [3.63, 3.8) is 0 Å². The van der Waals surface area contributed by atoms with Gasteiger partial charge in [-0.1, -0.05) is 70.4 Å². The van der Waals surface area contributed by atoms with Crippen molar-refractivity contribution >= 4 is 67.0 Å². The number of nitrogens with zero attached hydrogens (tertiary/aromatic N) is 2. The first-order valence-corrected chi connectivity index (χ1v) is 31.9.